The molecule has 0 bridgehead atoms. The summed E-state index contributed by atoms with van der Waals surface area (Å²) in [4.78, 5) is 2.51. The van der Waals surface area contributed by atoms with Gasteiger partial charge in [0.15, 0.2) is 0 Å². The van der Waals surface area contributed by atoms with Gasteiger partial charge in [-0.1, -0.05) is 176 Å². The fourth-order valence-corrected chi connectivity index (χ4v) is 11.1. The molecule has 2 nitrogen and oxygen atoms in total. The van der Waals surface area contributed by atoms with Gasteiger partial charge >= 0.3 is 0 Å². The zero-order valence-electron chi connectivity index (χ0n) is 34.8. The Morgan fingerprint density at radius 3 is 1.48 bits per heavy atom. The summed E-state index contributed by atoms with van der Waals surface area (Å²) in [7, 11) is 0. The molecule has 296 valence electrons. The molecular weight excluding hydrogens is 773 g/mol. The lowest BCUT2D eigenvalue weighted by atomic mass is 9.91. The van der Waals surface area contributed by atoms with Crippen molar-refractivity contribution in [3.8, 4) is 27.9 Å². The number of hydrogen-bond acceptors (Lipinski definition) is 1. The van der Waals surface area contributed by atoms with Gasteiger partial charge in [-0.2, -0.15) is 0 Å². The molecule has 1 heterocycles. The second-order valence-corrected chi connectivity index (χ2v) is 17.2. The van der Waals surface area contributed by atoms with E-state index in [9.17, 15) is 0 Å². The van der Waals surface area contributed by atoms with Crippen LogP contribution in [0.15, 0.2) is 231 Å². The Labute approximate surface area is 370 Å². The third kappa shape index (κ3) is 5.02. The van der Waals surface area contributed by atoms with Gasteiger partial charge in [-0.05, 0) is 137 Å². The van der Waals surface area contributed by atoms with Gasteiger partial charge in [-0.25, -0.2) is 0 Å². The van der Waals surface area contributed by atoms with Crippen LogP contribution in [0.4, 0.5) is 17.1 Å². The van der Waals surface area contributed by atoms with Gasteiger partial charge in [0.2, 0.25) is 0 Å². The molecule has 14 rings (SSSR count). The van der Waals surface area contributed by atoms with E-state index < -0.39 is 0 Å². The Morgan fingerprint density at radius 1 is 0.266 bits per heavy atom. The summed E-state index contributed by atoms with van der Waals surface area (Å²) in [5.41, 5.74) is 19.7. The maximum Gasteiger partial charge on any atom is 0.0546 e. The van der Waals surface area contributed by atoms with Crippen molar-refractivity contribution in [3.63, 3.8) is 0 Å². The van der Waals surface area contributed by atoms with Crippen molar-refractivity contribution >= 4 is 82.3 Å². The number of anilines is 3. The highest BCUT2D eigenvalue weighted by Gasteiger charge is 2.33. The number of benzene rings is 11. The first kappa shape index (κ1) is 35.2. The molecule has 0 N–H and O–H groups in total. The number of hydrogen-bond donors (Lipinski definition) is 0. The summed E-state index contributed by atoms with van der Waals surface area (Å²) in [5, 5.41) is 9.83. The third-order valence-corrected chi connectivity index (χ3v) is 13.8. The zero-order valence-corrected chi connectivity index (χ0v) is 34.8. The van der Waals surface area contributed by atoms with E-state index in [2.05, 4.69) is 240 Å². The van der Waals surface area contributed by atoms with Crippen molar-refractivity contribution in [3.05, 3.63) is 253 Å². The number of aromatic nitrogens is 1. The van der Waals surface area contributed by atoms with E-state index in [4.69, 9.17) is 0 Å². The lowest BCUT2D eigenvalue weighted by molar-refractivity contribution is 1.18. The lowest BCUT2D eigenvalue weighted by Gasteiger charge is -2.28. The maximum absolute atomic E-state index is 2.51. The minimum atomic E-state index is 1.11. The first-order valence-corrected chi connectivity index (χ1v) is 22.2. The molecular formula is C62H38N2. The third-order valence-electron chi connectivity index (χ3n) is 13.8. The van der Waals surface area contributed by atoms with E-state index in [-0.39, 0.29) is 0 Å². The van der Waals surface area contributed by atoms with Crippen LogP contribution >= 0.6 is 0 Å². The van der Waals surface area contributed by atoms with E-state index in [1.807, 2.05) is 0 Å². The predicted molar refractivity (Wildman–Crippen MR) is 270 cm³/mol. The van der Waals surface area contributed by atoms with Crippen LogP contribution in [-0.4, -0.2) is 4.57 Å². The Kier molecular flexibility index (Phi) is 7.43. The number of para-hydroxylation sites is 1. The van der Waals surface area contributed by atoms with E-state index in [0.29, 0.717) is 0 Å². The fraction of sp³-hybridized carbons (Fsp3) is 0. The molecule has 0 atom stereocenters. The number of fused-ring (bicyclic) bond motifs is 13. The van der Waals surface area contributed by atoms with Crippen LogP contribution < -0.4 is 4.90 Å². The molecule has 0 saturated carbocycles. The summed E-state index contributed by atoms with van der Waals surface area (Å²) in [6.07, 6.45) is 0. The van der Waals surface area contributed by atoms with Gasteiger partial charge in [0.05, 0.1) is 16.7 Å². The van der Waals surface area contributed by atoms with Crippen LogP contribution in [-0.2, 0) is 0 Å². The second kappa shape index (κ2) is 13.5. The molecule has 12 aromatic rings. The zero-order chi connectivity index (χ0) is 41.9. The monoisotopic (exact) mass is 810 g/mol. The topological polar surface area (TPSA) is 8.17 Å². The lowest BCUT2D eigenvalue weighted by Crippen LogP contribution is -2.11. The largest absolute Gasteiger partial charge is 0.310 e. The summed E-state index contributed by atoms with van der Waals surface area (Å²) in [5.74, 6) is 0. The molecule has 0 aliphatic heterocycles. The molecule has 64 heavy (non-hydrogen) atoms. The second-order valence-electron chi connectivity index (χ2n) is 17.2. The molecule has 0 radical (unpaired) electrons. The van der Waals surface area contributed by atoms with Crippen molar-refractivity contribution in [2.24, 2.45) is 0 Å². The van der Waals surface area contributed by atoms with Crippen molar-refractivity contribution in [1.29, 1.82) is 0 Å². The molecule has 0 unspecified atom stereocenters. The SMILES string of the molecule is c1ccc2c(c1)C(=C1c3ccccc3-c3ccc(N(c4ccc5c(c4)c4ccccc4n5-c4ccc5ccccc5c4)c4cc5ccccc5c5ccccc45)cc31)c1ccccc1-2. The Balaban J connectivity index is 1.05. The molecule has 0 saturated heterocycles. The molecule has 0 amide bonds. The van der Waals surface area contributed by atoms with Gasteiger partial charge in [0, 0.05) is 33.2 Å². The fourth-order valence-electron chi connectivity index (χ4n) is 11.1. The normalized spacial score (nSPS) is 12.6. The quantitative estimate of drug-likeness (QED) is 0.161. The van der Waals surface area contributed by atoms with Crippen molar-refractivity contribution in [2.75, 3.05) is 4.90 Å². The van der Waals surface area contributed by atoms with Gasteiger partial charge in [0.1, 0.15) is 0 Å². The van der Waals surface area contributed by atoms with Gasteiger partial charge in [0.25, 0.3) is 0 Å². The first-order chi connectivity index (χ1) is 31.8. The molecule has 11 aromatic carbocycles. The predicted octanol–water partition coefficient (Wildman–Crippen LogP) is 16.7. The minimum Gasteiger partial charge on any atom is -0.310 e. The van der Waals surface area contributed by atoms with Gasteiger partial charge in [-0.15, -0.1) is 0 Å². The number of nitrogens with zero attached hydrogens (tertiary/aromatic N) is 2. The highest BCUT2D eigenvalue weighted by Crippen LogP contribution is 2.55. The molecule has 2 aliphatic rings. The maximum atomic E-state index is 2.51. The van der Waals surface area contributed by atoms with Crippen molar-refractivity contribution in [2.45, 2.75) is 0 Å². The summed E-state index contributed by atoms with van der Waals surface area (Å²) in [6, 6.07) is 85.5. The van der Waals surface area contributed by atoms with E-state index >= 15 is 0 Å². The Hall–Kier alpha value is -8.46. The van der Waals surface area contributed by atoms with Crippen molar-refractivity contribution in [1.82, 2.24) is 4.57 Å². The van der Waals surface area contributed by atoms with E-state index in [1.54, 1.807) is 0 Å². The van der Waals surface area contributed by atoms with Crippen LogP contribution in [0.2, 0.25) is 0 Å². The van der Waals surface area contributed by atoms with E-state index in [0.717, 1.165) is 22.7 Å². The van der Waals surface area contributed by atoms with Crippen LogP contribution in [0.3, 0.4) is 0 Å². The summed E-state index contributed by atoms with van der Waals surface area (Å²) >= 11 is 0. The average Bonchev–Trinajstić information content (AvgIpc) is 3.99. The minimum absolute atomic E-state index is 1.11. The Bertz CT molecular complexity index is 3930. The molecule has 2 heteroatoms. The van der Waals surface area contributed by atoms with Gasteiger partial charge < -0.3 is 9.47 Å². The van der Waals surface area contributed by atoms with Crippen LogP contribution in [0, 0.1) is 0 Å². The van der Waals surface area contributed by atoms with Crippen LogP contribution in [0.25, 0.3) is 93.2 Å². The smallest absolute Gasteiger partial charge is 0.0546 e. The summed E-state index contributed by atoms with van der Waals surface area (Å²) < 4.78 is 2.43. The standard InChI is InChI=1S/C62H38N2/c1-2-16-40-35-42(30-29-39(40)15-1)64-58-28-14-13-24-52(58)56-37-44(32-34-59(56)64)63(60-36-41-17-3-4-18-45(41)46-19-5-9-23-51(46)60)43-31-33-50-49-22-8-12-27-55(49)62(57(50)38-43)61-53-25-10-6-20-47(53)48-21-7-11-26-54(48)61/h1-38H. The molecule has 0 spiro atoms. The van der Waals surface area contributed by atoms with Crippen LogP contribution in [0.1, 0.15) is 22.3 Å². The molecule has 1 aromatic heterocycles. The van der Waals surface area contributed by atoms with Crippen molar-refractivity contribution < 1.29 is 0 Å². The highest BCUT2D eigenvalue weighted by atomic mass is 15.1. The van der Waals surface area contributed by atoms with Crippen LogP contribution in [0.5, 0.6) is 0 Å². The highest BCUT2D eigenvalue weighted by molar-refractivity contribution is 6.20. The Morgan fingerprint density at radius 2 is 0.766 bits per heavy atom. The summed E-state index contributed by atoms with van der Waals surface area (Å²) in [6.45, 7) is 0. The van der Waals surface area contributed by atoms with Gasteiger partial charge in [-0.3, -0.25) is 0 Å². The molecule has 0 fully saturated rings. The van der Waals surface area contributed by atoms with E-state index in [1.165, 1.54) is 110 Å². The first-order valence-electron chi connectivity index (χ1n) is 22.2. The average molecular weight is 811 g/mol. The molecule has 2 aliphatic carbocycles. The number of rotatable bonds is 4.